The van der Waals surface area contributed by atoms with E-state index in [0.717, 1.165) is 10.0 Å². The van der Waals surface area contributed by atoms with Gasteiger partial charge in [0.15, 0.2) is 0 Å². The number of halogens is 2. The Bertz CT molecular complexity index is 631. The van der Waals surface area contributed by atoms with E-state index in [9.17, 15) is 4.79 Å². The molecule has 1 N–H and O–H groups in total. The Kier molecular flexibility index (Phi) is 5.04. The van der Waals surface area contributed by atoms with Crippen LogP contribution in [-0.2, 0) is 11.2 Å². The standard InChI is InChI=1S/C15H13BrClNO2/c1-20-14-9-11(6-7-12(14)16)18-15(19)8-10-4-2-3-5-13(10)17/h2-7,9H,8H2,1H3,(H,18,19). The molecule has 0 spiro atoms. The van der Waals surface area contributed by atoms with Crippen LogP contribution in [-0.4, -0.2) is 13.0 Å². The van der Waals surface area contributed by atoms with Crippen molar-refractivity contribution in [1.29, 1.82) is 0 Å². The second-order valence-electron chi connectivity index (χ2n) is 4.17. The summed E-state index contributed by atoms with van der Waals surface area (Å²) in [5, 5.41) is 3.41. The number of hydrogen-bond acceptors (Lipinski definition) is 2. The fourth-order valence-electron chi connectivity index (χ4n) is 1.76. The van der Waals surface area contributed by atoms with E-state index in [4.69, 9.17) is 16.3 Å². The van der Waals surface area contributed by atoms with Crippen molar-refractivity contribution in [2.24, 2.45) is 0 Å². The van der Waals surface area contributed by atoms with Crippen LogP contribution in [0.2, 0.25) is 5.02 Å². The Labute approximate surface area is 131 Å². The summed E-state index contributed by atoms with van der Waals surface area (Å²) < 4.78 is 6.02. The summed E-state index contributed by atoms with van der Waals surface area (Å²) in [6.45, 7) is 0. The topological polar surface area (TPSA) is 38.3 Å². The third kappa shape index (κ3) is 3.74. The lowest BCUT2D eigenvalue weighted by Gasteiger charge is -2.09. The molecule has 0 atom stereocenters. The molecule has 0 aliphatic carbocycles. The van der Waals surface area contributed by atoms with E-state index < -0.39 is 0 Å². The molecule has 2 aromatic rings. The molecule has 20 heavy (non-hydrogen) atoms. The summed E-state index contributed by atoms with van der Waals surface area (Å²) in [4.78, 5) is 12.0. The third-order valence-electron chi connectivity index (χ3n) is 2.74. The number of benzene rings is 2. The highest BCUT2D eigenvalue weighted by atomic mass is 79.9. The second-order valence-corrected chi connectivity index (χ2v) is 5.43. The molecule has 104 valence electrons. The van der Waals surface area contributed by atoms with Gasteiger partial charge in [-0.2, -0.15) is 0 Å². The Balaban J connectivity index is 2.07. The first-order valence-corrected chi connectivity index (χ1v) is 7.14. The maximum atomic E-state index is 12.0. The lowest BCUT2D eigenvalue weighted by molar-refractivity contribution is -0.115. The lowest BCUT2D eigenvalue weighted by atomic mass is 10.1. The molecular weight excluding hydrogens is 342 g/mol. The molecule has 0 unspecified atom stereocenters. The maximum Gasteiger partial charge on any atom is 0.228 e. The average molecular weight is 355 g/mol. The van der Waals surface area contributed by atoms with E-state index in [2.05, 4.69) is 21.2 Å². The zero-order valence-corrected chi connectivity index (χ0v) is 13.2. The number of ether oxygens (including phenoxy) is 1. The van der Waals surface area contributed by atoms with Gasteiger partial charge in [0, 0.05) is 16.8 Å². The van der Waals surface area contributed by atoms with Gasteiger partial charge in [0.1, 0.15) is 5.75 Å². The van der Waals surface area contributed by atoms with Crippen LogP contribution in [0.1, 0.15) is 5.56 Å². The van der Waals surface area contributed by atoms with Gasteiger partial charge in [0.05, 0.1) is 18.0 Å². The van der Waals surface area contributed by atoms with Gasteiger partial charge in [-0.25, -0.2) is 0 Å². The second kappa shape index (κ2) is 6.77. The molecule has 3 nitrogen and oxygen atoms in total. The summed E-state index contributed by atoms with van der Waals surface area (Å²) in [6, 6.07) is 12.7. The Morgan fingerprint density at radius 2 is 2.05 bits per heavy atom. The Hall–Kier alpha value is -1.52. The predicted molar refractivity (Wildman–Crippen MR) is 84.5 cm³/mol. The molecule has 0 aliphatic rings. The van der Waals surface area contributed by atoms with E-state index in [1.807, 2.05) is 24.3 Å². The van der Waals surface area contributed by atoms with Crippen LogP contribution >= 0.6 is 27.5 Å². The molecular formula is C15H13BrClNO2. The fraction of sp³-hybridized carbons (Fsp3) is 0.133. The molecule has 0 bridgehead atoms. The van der Waals surface area contributed by atoms with Gasteiger partial charge < -0.3 is 10.1 Å². The molecule has 0 heterocycles. The molecule has 0 fully saturated rings. The van der Waals surface area contributed by atoms with Crippen LogP contribution in [0.25, 0.3) is 0 Å². The summed E-state index contributed by atoms with van der Waals surface area (Å²) >= 11 is 9.40. The predicted octanol–water partition coefficient (Wildman–Crippen LogP) is 4.29. The SMILES string of the molecule is COc1cc(NC(=O)Cc2ccccc2Cl)ccc1Br. The monoisotopic (exact) mass is 353 g/mol. The summed E-state index contributed by atoms with van der Waals surface area (Å²) in [5.74, 6) is 0.544. The number of hydrogen-bond donors (Lipinski definition) is 1. The quantitative estimate of drug-likeness (QED) is 0.889. The van der Waals surface area contributed by atoms with Gasteiger partial charge in [0.25, 0.3) is 0 Å². The van der Waals surface area contributed by atoms with Crippen LogP contribution in [0, 0.1) is 0 Å². The van der Waals surface area contributed by atoms with Gasteiger partial charge in [-0.05, 0) is 39.7 Å². The molecule has 0 radical (unpaired) electrons. The van der Waals surface area contributed by atoms with Crippen LogP contribution in [0.3, 0.4) is 0 Å². The molecule has 0 aliphatic heterocycles. The normalized spacial score (nSPS) is 10.2. The van der Waals surface area contributed by atoms with E-state index in [1.54, 1.807) is 25.3 Å². The van der Waals surface area contributed by atoms with Gasteiger partial charge in [-0.15, -0.1) is 0 Å². The zero-order chi connectivity index (χ0) is 14.5. The molecule has 0 saturated carbocycles. The van der Waals surface area contributed by atoms with E-state index in [0.29, 0.717) is 16.5 Å². The first kappa shape index (κ1) is 14.9. The number of nitrogens with one attached hydrogen (secondary N) is 1. The Morgan fingerprint density at radius 1 is 1.30 bits per heavy atom. The fourth-order valence-corrected chi connectivity index (χ4v) is 2.37. The summed E-state index contributed by atoms with van der Waals surface area (Å²) in [6.07, 6.45) is 0.234. The van der Waals surface area contributed by atoms with Gasteiger partial charge >= 0.3 is 0 Å². The number of anilines is 1. The van der Waals surface area contributed by atoms with Crippen molar-refractivity contribution in [2.45, 2.75) is 6.42 Å². The van der Waals surface area contributed by atoms with E-state index >= 15 is 0 Å². The van der Waals surface area contributed by atoms with Crippen molar-refractivity contribution >= 4 is 39.1 Å². The van der Waals surface area contributed by atoms with E-state index in [1.165, 1.54) is 0 Å². The highest BCUT2D eigenvalue weighted by Gasteiger charge is 2.08. The smallest absolute Gasteiger partial charge is 0.228 e. The molecule has 2 aromatic carbocycles. The average Bonchev–Trinajstić information content (AvgIpc) is 2.43. The van der Waals surface area contributed by atoms with Crippen LogP contribution < -0.4 is 10.1 Å². The summed E-state index contributed by atoms with van der Waals surface area (Å²) in [7, 11) is 1.58. The molecule has 2 rings (SSSR count). The van der Waals surface area contributed by atoms with Crippen molar-refractivity contribution in [3.63, 3.8) is 0 Å². The lowest BCUT2D eigenvalue weighted by Crippen LogP contribution is -2.14. The minimum Gasteiger partial charge on any atom is -0.495 e. The number of carbonyl (C=O) groups excluding carboxylic acids is 1. The molecule has 1 amide bonds. The van der Waals surface area contributed by atoms with Crippen molar-refractivity contribution in [1.82, 2.24) is 0 Å². The number of amides is 1. The first-order valence-electron chi connectivity index (χ1n) is 5.97. The van der Waals surface area contributed by atoms with Crippen molar-refractivity contribution in [3.8, 4) is 5.75 Å². The molecule has 0 aromatic heterocycles. The molecule has 0 saturated heterocycles. The summed E-state index contributed by atoms with van der Waals surface area (Å²) in [5.41, 5.74) is 1.48. The number of carbonyl (C=O) groups is 1. The van der Waals surface area contributed by atoms with E-state index in [-0.39, 0.29) is 12.3 Å². The first-order chi connectivity index (χ1) is 9.60. The van der Waals surface area contributed by atoms with Crippen molar-refractivity contribution in [2.75, 3.05) is 12.4 Å². The molecule has 5 heteroatoms. The zero-order valence-electron chi connectivity index (χ0n) is 10.8. The minimum atomic E-state index is -0.123. The van der Waals surface area contributed by atoms with Crippen LogP contribution in [0.15, 0.2) is 46.9 Å². The van der Waals surface area contributed by atoms with Crippen molar-refractivity contribution < 1.29 is 9.53 Å². The number of methoxy groups -OCH3 is 1. The van der Waals surface area contributed by atoms with Crippen LogP contribution in [0.5, 0.6) is 5.75 Å². The van der Waals surface area contributed by atoms with Crippen molar-refractivity contribution in [3.05, 3.63) is 57.5 Å². The van der Waals surface area contributed by atoms with Crippen LogP contribution in [0.4, 0.5) is 5.69 Å². The highest BCUT2D eigenvalue weighted by Crippen LogP contribution is 2.28. The highest BCUT2D eigenvalue weighted by molar-refractivity contribution is 9.10. The Morgan fingerprint density at radius 3 is 2.75 bits per heavy atom. The number of rotatable bonds is 4. The minimum absolute atomic E-state index is 0.123. The van der Waals surface area contributed by atoms with Gasteiger partial charge in [0.2, 0.25) is 5.91 Å². The van der Waals surface area contributed by atoms with Gasteiger partial charge in [-0.3, -0.25) is 4.79 Å². The third-order valence-corrected chi connectivity index (χ3v) is 3.77. The maximum absolute atomic E-state index is 12.0. The largest absolute Gasteiger partial charge is 0.495 e. The van der Waals surface area contributed by atoms with Gasteiger partial charge in [-0.1, -0.05) is 29.8 Å².